The summed E-state index contributed by atoms with van der Waals surface area (Å²) >= 11 is 1.13. The molecule has 0 bridgehead atoms. The van der Waals surface area contributed by atoms with Crippen LogP contribution in [0.25, 0.3) is 0 Å². The van der Waals surface area contributed by atoms with Crippen molar-refractivity contribution in [1.29, 1.82) is 0 Å². The third-order valence-electron chi connectivity index (χ3n) is 2.43. The summed E-state index contributed by atoms with van der Waals surface area (Å²) in [4.78, 5) is 24.6. The highest BCUT2D eigenvalue weighted by molar-refractivity contribution is 8.14. The van der Waals surface area contributed by atoms with Crippen molar-refractivity contribution in [2.45, 2.75) is 25.8 Å². The van der Waals surface area contributed by atoms with Crippen LogP contribution < -0.4 is 5.32 Å². The Labute approximate surface area is 99.6 Å². The number of hydrogen-bond acceptors (Lipinski definition) is 4. The Hall–Kier alpha value is -0.750. The molecule has 1 aliphatic rings. The number of aliphatic hydroxyl groups is 1. The van der Waals surface area contributed by atoms with E-state index < -0.39 is 6.04 Å². The summed E-state index contributed by atoms with van der Waals surface area (Å²) in [7, 11) is 0. The van der Waals surface area contributed by atoms with E-state index in [1.54, 1.807) is 4.90 Å². The summed E-state index contributed by atoms with van der Waals surface area (Å²) in [5.41, 5.74) is 0. The molecule has 92 valence electrons. The molecule has 1 saturated heterocycles. The topological polar surface area (TPSA) is 69.6 Å². The highest BCUT2D eigenvalue weighted by atomic mass is 32.2. The first-order valence-electron chi connectivity index (χ1n) is 5.52. The zero-order chi connectivity index (χ0) is 12.0. The molecule has 1 rings (SSSR count). The maximum absolute atomic E-state index is 12.0. The Kier molecular flexibility index (Phi) is 5.62. The van der Waals surface area contributed by atoms with Crippen LogP contribution in [0.2, 0.25) is 0 Å². The van der Waals surface area contributed by atoms with Crippen LogP contribution in [-0.2, 0) is 4.79 Å². The smallest absolute Gasteiger partial charge is 0.279 e. The molecule has 1 atom stereocenters. The van der Waals surface area contributed by atoms with Crippen molar-refractivity contribution < 1.29 is 14.7 Å². The van der Waals surface area contributed by atoms with Crippen molar-refractivity contribution in [3.63, 3.8) is 0 Å². The van der Waals surface area contributed by atoms with Crippen LogP contribution in [0.3, 0.4) is 0 Å². The zero-order valence-corrected chi connectivity index (χ0v) is 10.3. The van der Waals surface area contributed by atoms with Gasteiger partial charge in [0, 0.05) is 18.8 Å². The average Bonchev–Trinajstić information content (AvgIpc) is 2.70. The predicted octanol–water partition coefficient (Wildman–Crippen LogP) is 0.432. The maximum Gasteiger partial charge on any atom is 0.279 e. The Bertz CT molecular complexity index is 260. The molecule has 0 spiro atoms. The molecular formula is C10H18N2O3S. The monoisotopic (exact) mass is 246 g/mol. The lowest BCUT2D eigenvalue weighted by atomic mass is 10.2. The van der Waals surface area contributed by atoms with E-state index in [9.17, 15) is 9.59 Å². The van der Waals surface area contributed by atoms with Gasteiger partial charge in [0.25, 0.3) is 5.24 Å². The number of nitrogens with zero attached hydrogens (tertiary/aromatic N) is 1. The average molecular weight is 246 g/mol. The van der Waals surface area contributed by atoms with Gasteiger partial charge < -0.3 is 15.3 Å². The fourth-order valence-corrected chi connectivity index (χ4v) is 2.31. The first-order valence-corrected chi connectivity index (χ1v) is 6.50. The summed E-state index contributed by atoms with van der Waals surface area (Å²) in [6.45, 7) is 3.00. The molecule has 0 saturated carbocycles. The number of unbranched alkanes of at least 4 members (excludes halogenated alkanes) is 1. The molecule has 1 aliphatic heterocycles. The van der Waals surface area contributed by atoms with Crippen LogP contribution in [0.1, 0.15) is 19.8 Å². The van der Waals surface area contributed by atoms with Gasteiger partial charge in [0.05, 0.1) is 6.61 Å². The standard InChI is InChI=1S/C10H18N2O3S/c1-2-3-4-12(5-6-13)9(14)8-7-16-10(15)11-8/h8,13H,2-7H2,1H3,(H,11,15). The summed E-state index contributed by atoms with van der Waals surface area (Å²) in [5, 5.41) is 11.4. The second-order valence-corrected chi connectivity index (χ2v) is 4.69. The first kappa shape index (κ1) is 13.3. The second kappa shape index (κ2) is 6.75. The number of thioether (sulfide) groups is 1. The van der Waals surface area contributed by atoms with E-state index >= 15 is 0 Å². The molecule has 16 heavy (non-hydrogen) atoms. The summed E-state index contributed by atoms with van der Waals surface area (Å²) in [6, 6.07) is -0.416. The third kappa shape index (κ3) is 3.68. The largest absolute Gasteiger partial charge is 0.395 e. The van der Waals surface area contributed by atoms with Crippen LogP contribution in [0.4, 0.5) is 4.79 Å². The predicted molar refractivity (Wildman–Crippen MR) is 63.4 cm³/mol. The molecule has 5 nitrogen and oxygen atoms in total. The van der Waals surface area contributed by atoms with Crippen molar-refractivity contribution in [3.05, 3.63) is 0 Å². The third-order valence-corrected chi connectivity index (χ3v) is 3.31. The molecule has 2 amide bonds. The summed E-state index contributed by atoms with van der Waals surface area (Å²) in [5.74, 6) is 0.409. The van der Waals surface area contributed by atoms with Gasteiger partial charge in [-0.25, -0.2) is 0 Å². The lowest BCUT2D eigenvalue weighted by molar-refractivity contribution is -0.133. The van der Waals surface area contributed by atoms with Crippen molar-refractivity contribution in [3.8, 4) is 0 Å². The first-order chi connectivity index (χ1) is 7.69. The summed E-state index contributed by atoms with van der Waals surface area (Å²) in [6.07, 6.45) is 1.92. The molecule has 1 fully saturated rings. The normalized spacial score (nSPS) is 19.6. The number of carbonyl (C=O) groups excluding carboxylic acids is 2. The van der Waals surface area contributed by atoms with Crippen molar-refractivity contribution >= 4 is 22.9 Å². The zero-order valence-electron chi connectivity index (χ0n) is 9.44. The Balaban J connectivity index is 2.48. The molecular weight excluding hydrogens is 228 g/mol. The quantitative estimate of drug-likeness (QED) is 0.713. The van der Waals surface area contributed by atoms with Gasteiger partial charge in [-0.3, -0.25) is 9.59 Å². The Morgan fingerprint density at radius 2 is 2.38 bits per heavy atom. The number of amides is 2. The number of nitrogens with one attached hydrogen (secondary N) is 1. The van der Waals surface area contributed by atoms with E-state index in [4.69, 9.17) is 5.11 Å². The van der Waals surface area contributed by atoms with Crippen molar-refractivity contribution in [2.75, 3.05) is 25.4 Å². The van der Waals surface area contributed by atoms with Gasteiger partial charge in [0.2, 0.25) is 5.91 Å². The van der Waals surface area contributed by atoms with Crippen molar-refractivity contribution in [1.82, 2.24) is 10.2 Å². The molecule has 0 aromatic rings. The number of hydrogen-bond donors (Lipinski definition) is 2. The number of rotatable bonds is 6. The fourth-order valence-electron chi connectivity index (χ4n) is 1.54. The summed E-state index contributed by atoms with van der Waals surface area (Å²) < 4.78 is 0. The Morgan fingerprint density at radius 3 is 2.88 bits per heavy atom. The molecule has 1 heterocycles. The van der Waals surface area contributed by atoms with Gasteiger partial charge in [0.15, 0.2) is 0 Å². The second-order valence-electron chi connectivity index (χ2n) is 3.70. The van der Waals surface area contributed by atoms with E-state index in [0.717, 1.165) is 24.6 Å². The van der Waals surface area contributed by atoms with Crippen LogP contribution in [-0.4, -0.2) is 52.6 Å². The van der Waals surface area contributed by atoms with Gasteiger partial charge in [-0.15, -0.1) is 0 Å². The highest BCUT2D eigenvalue weighted by Gasteiger charge is 2.30. The van der Waals surface area contributed by atoms with Gasteiger partial charge in [-0.2, -0.15) is 0 Å². The van der Waals surface area contributed by atoms with Crippen LogP contribution in [0, 0.1) is 0 Å². The molecule has 6 heteroatoms. The van der Waals surface area contributed by atoms with E-state index in [0.29, 0.717) is 18.8 Å². The SMILES string of the molecule is CCCCN(CCO)C(=O)C1CSC(=O)N1. The minimum absolute atomic E-state index is 0.0384. The van der Waals surface area contributed by atoms with Crippen LogP contribution >= 0.6 is 11.8 Å². The number of carbonyl (C=O) groups is 2. The molecule has 0 aromatic carbocycles. The van der Waals surface area contributed by atoms with E-state index in [2.05, 4.69) is 12.2 Å². The minimum Gasteiger partial charge on any atom is -0.395 e. The maximum atomic E-state index is 12.0. The molecule has 0 aromatic heterocycles. The molecule has 1 unspecified atom stereocenters. The molecule has 0 radical (unpaired) electrons. The van der Waals surface area contributed by atoms with Gasteiger partial charge in [0.1, 0.15) is 6.04 Å². The Morgan fingerprint density at radius 1 is 1.62 bits per heavy atom. The van der Waals surface area contributed by atoms with Crippen molar-refractivity contribution in [2.24, 2.45) is 0 Å². The van der Waals surface area contributed by atoms with E-state index in [1.165, 1.54) is 0 Å². The highest BCUT2D eigenvalue weighted by Crippen LogP contribution is 2.15. The minimum atomic E-state index is -0.416. The van der Waals surface area contributed by atoms with Gasteiger partial charge in [-0.05, 0) is 6.42 Å². The van der Waals surface area contributed by atoms with E-state index in [-0.39, 0.29) is 17.8 Å². The van der Waals surface area contributed by atoms with Crippen LogP contribution in [0.15, 0.2) is 0 Å². The molecule has 2 N–H and O–H groups in total. The van der Waals surface area contributed by atoms with Gasteiger partial charge in [-0.1, -0.05) is 25.1 Å². The molecule has 0 aliphatic carbocycles. The number of aliphatic hydroxyl groups excluding tert-OH is 1. The van der Waals surface area contributed by atoms with Gasteiger partial charge >= 0.3 is 0 Å². The lowest BCUT2D eigenvalue weighted by Crippen LogP contribution is -2.46. The fraction of sp³-hybridized carbons (Fsp3) is 0.800. The lowest BCUT2D eigenvalue weighted by Gasteiger charge is -2.24. The van der Waals surface area contributed by atoms with Crippen LogP contribution in [0.5, 0.6) is 0 Å². The van der Waals surface area contributed by atoms with E-state index in [1.807, 2.05) is 0 Å².